The molecule has 1 aliphatic rings. The Kier molecular flexibility index (Phi) is 6.05. The molecule has 0 atom stereocenters. The lowest BCUT2D eigenvalue weighted by molar-refractivity contribution is 0.132. The molecular weight excluding hydrogens is 382 g/mol. The van der Waals surface area contributed by atoms with Crippen molar-refractivity contribution in [3.8, 4) is 10.6 Å². The van der Waals surface area contributed by atoms with Crippen LogP contribution in [0.1, 0.15) is 35.4 Å². The highest BCUT2D eigenvalue weighted by Gasteiger charge is 2.17. The second-order valence-corrected chi connectivity index (χ2v) is 8.15. The molecule has 1 aromatic carbocycles. The van der Waals surface area contributed by atoms with Gasteiger partial charge in [0.15, 0.2) is 12.4 Å². The molecule has 3 heterocycles. The fraction of sp³-hybridized carbons (Fsp3) is 0.318. The number of anilines is 1. The van der Waals surface area contributed by atoms with Gasteiger partial charge in [-0.2, -0.15) is 0 Å². The number of aromatic nitrogens is 2. The Morgan fingerprint density at radius 1 is 1.14 bits per heavy atom. The second-order valence-electron chi connectivity index (χ2n) is 7.07. The van der Waals surface area contributed by atoms with Crippen molar-refractivity contribution in [1.29, 1.82) is 0 Å². The van der Waals surface area contributed by atoms with Crippen molar-refractivity contribution in [2.24, 2.45) is 10.9 Å². The van der Waals surface area contributed by atoms with Gasteiger partial charge in [0.2, 0.25) is 0 Å². The molecule has 0 spiro atoms. The van der Waals surface area contributed by atoms with Crippen LogP contribution in [-0.4, -0.2) is 28.9 Å². The van der Waals surface area contributed by atoms with Gasteiger partial charge in [-0.15, -0.1) is 11.3 Å². The van der Waals surface area contributed by atoms with Crippen molar-refractivity contribution >= 4 is 23.0 Å². The van der Waals surface area contributed by atoms with E-state index >= 15 is 0 Å². The molecule has 4 rings (SSSR count). The summed E-state index contributed by atoms with van der Waals surface area (Å²) < 4.78 is 0. The number of thiazole rings is 1. The van der Waals surface area contributed by atoms with E-state index in [2.05, 4.69) is 32.2 Å². The SMILES string of the molecule is Cc1nc(-c2ccccc2)sc1CO/N=C(\N)c1cccnc1N1CCCCC1. The molecule has 29 heavy (non-hydrogen) atoms. The summed E-state index contributed by atoms with van der Waals surface area (Å²) in [4.78, 5) is 18.1. The third-order valence-corrected chi connectivity index (χ3v) is 6.17. The van der Waals surface area contributed by atoms with E-state index in [9.17, 15) is 0 Å². The molecule has 2 N–H and O–H groups in total. The van der Waals surface area contributed by atoms with Gasteiger partial charge in [0.1, 0.15) is 10.8 Å². The van der Waals surface area contributed by atoms with Crippen molar-refractivity contribution in [3.63, 3.8) is 0 Å². The first-order chi connectivity index (χ1) is 14.2. The topological polar surface area (TPSA) is 76.6 Å². The molecule has 7 heteroatoms. The van der Waals surface area contributed by atoms with E-state index in [4.69, 9.17) is 10.6 Å². The van der Waals surface area contributed by atoms with Gasteiger partial charge in [-0.3, -0.25) is 0 Å². The zero-order valence-electron chi connectivity index (χ0n) is 16.5. The van der Waals surface area contributed by atoms with E-state index in [1.807, 2.05) is 37.3 Å². The van der Waals surface area contributed by atoms with E-state index < -0.39 is 0 Å². The summed E-state index contributed by atoms with van der Waals surface area (Å²) in [6.07, 6.45) is 5.42. The van der Waals surface area contributed by atoms with E-state index in [-0.39, 0.29) is 0 Å². The van der Waals surface area contributed by atoms with Crippen LogP contribution in [0.4, 0.5) is 5.82 Å². The van der Waals surface area contributed by atoms with Gasteiger partial charge < -0.3 is 15.5 Å². The van der Waals surface area contributed by atoms with Gasteiger partial charge in [0.05, 0.1) is 16.1 Å². The Balaban J connectivity index is 1.46. The lowest BCUT2D eigenvalue weighted by Crippen LogP contribution is -2.32. The Labute approximate surface area is 175 Å². The van der Waals surface area contributed by atoms with Crippen LogP contribution >= 0.6 is 11.3 Å². The number of amidine groups is 1. The molecule has 6 nitrogen and oxygen atoms in total. The van der Waals surface area contributed by atoms with Gasteiger partial charge in [-0.1, -0.05) is 35.5 Å². The number of nitrogens with two attached hydrogens (primary N) is 1. The maximum atomic E-state index is 6.25. The van der Waals surface area contributed by atoms with Crippen LogP contribution in [0, 0.1) is 6.92 Å². The minimum Gasteiger partial charge on any atom is -0.388 e. The summed E-state index contributed by atoms with van der Waals surface area (Å²) in [7, 11) is 0. The monoisotopic (exact) mass is 407 g/mol. The summed E-state index contributed by atoms with van der Waals surface area (Å²) in [5.41, 5.74) is 9.13. The molecular formula is C22H25N5OS. The van der Waals surface area contributed by atoms with Gasteiger partial charge in [-0.05, 0) is 38.3 Å². The number of piperidine rings is 1. The predicted molar refractivity (Wildman–Crippen MR) is 118 cm³/mol. The van der Waals surface area contributed by atoms with Gasteiger partial charge in [0.25, 0.3) is 0 Å². The lowest BCUT2D eigenvalue weighted by Gasteiger charge is -2.29. The Morgan fingerprint density at radius 3 is 2.72 bits per heavy atom. The summed E-state index contributed by atoms with van der Waals surface area (Å²) in [6, 6.07) is 14.0. The molecule has 0 unspecified atom stereocenters. The van der Waals surface area contributed by atoms with Crippen LogP contribution < -0.4 is 10.6 Å². The number of pyridine rings is 1. The fourth-order valence-corrected chi connectivity index (χ4v) is 4.41. The molecule has 1 aliphatic heterocycles. The molecule has 0 amide bonds. The largest absolute Gasteiger partial charge is 0.388 e. The lowest BCUT2D eigenvalue weighted by atomic mass is 10.1. The molecule has 1 fully saturated rings. The maximum Gasteiger partial charge on any atom is 0.174 e. The Bertz CT molecular complexity index is 980. The molecule has 1 saturated heterocycles. The highest BCUT2D eigenvalue weighted by molar-refractivity contribution is 7.15. The quantitative estimate of drug-likeness (QED) is 0.374. The normalized spacial score (nSPS) is 14.8. The summed E-state index contributed by atoms with van der Waals surface area (Å²) >= 11 is 1.62. The zero-order chi connectivity index (χ0) is 20.1. The van der Waals surface area contributed by atoms with Crippen LogP contribution in [0.3, 0.4) is 0 Å². The highest BCUT2D eigenvalue weighted by Crippen LogP contribution is 2.28. The number of hydrogen-bond donors (Lipinski definition) is 1. The first kappa shape index (κ1) is 19.4. The van der Waals surface area contributed by atoms with Crippen LogP contribution in [-0.2, 0) is 11.4 Å². The molecule has 0 bridgehead atoms. The van der Waals surface area contributed by atoms with E-state index in [0.29, 0.717) is 12.4 Å². The number of hydrogen-bond acceptors (Lipinski definition) is 6. The number of nitrogens with zero attached hydrogens (tertiary/aromatic N) is 4. The van der Waals surface area contributed by atoms with E-state index in [1.54, 1.807) is 17.5 Å². The number of benzene rings is 1. The molecule has 0 saturated carbocycles. The van der Waals surface area contributed by atoms with Crippen LogP contribution in [0.5, 0.6) is 0 Å². The first-order valence-electron chi connectivity index (χ1n) is 9.90. The third kappa shape index (κ3) is 4.56. The molecule has 2 aromatic heterocycles. The van der Waals surface area contributed by atoms with Gasteiger partial charge in [0, 0.05) is 24.8 Å². The molecule has 0 radical (unpaired) electrons. The number of oxime groups is 1. The van der Waals surface area contributed by atoms with E-state index in [1.165, 1.54) is 19.3 Å². The van der Waals surface area contributed by atoms with Crippen LogP contribution in [0.25, 0.3) is 10.6 Å². The van der Waals surface area contributed by atoms with Gasteiger partial charge in [-0.25, -0.2) is 9.97 Å². The minimum absolute atomic E-state index is 0.344. The van der Waals surface area contributed by atoms with Crippen molar-refractivity contribution in [1.82, 2.24) is 9.97 Å². The first-order valence-corrected chi connectivity index (χ1v) is 10.7. The Hall–Kier alpha value is -2.93. The van der Waals surface area contributed by atoms with Crippen molar-refractivity contribution in [3.05, 3.63) is 64.8 Å². The van der Waals surface area contributed by atoms with Crippen LogP contribution in [0.2, 0.25) is 0 Å². The number of aryl methyl sites for hydroxylation is 1. The zero-order valence-corrected chi connectivity index (χ0v) is 17.4. The predicted octanol–water partition coefficient (Wildman–Crippen LogP) is 4.34. The smallest absolute Gasteiger partial charge is 0.174 e. The molecule has 0 aliphatic carbocycles. The van der Waals surface area contributed by atoms with Gasteiger partial charge >= 0.3 is 0 Å². The standard InChI is InChI=1S/C22H25N5OS/c1-16-19(29-22(25-16)17-9-4-2-5-10-17)15-28-26-20(23)18-11-8-12-24-21(18)27-13-6-3-7-14-27/h2,4-5,8-12H,3,6-7,13-15H2,1H3,(H2,23,26). The van der Waals surface area contributed by atoms with Crippen molar-refractivity contribution in [2.75, 3.05) is 18.0 Å². The minimum atomic E-state index is 0.344. The van der Waals surface area contributed by atoms with Crippen molar-refractivity contribution < 1.29 is 4.84 Å². The second kappa shape index (κ2) is 9.05. The van der Waals surface area contributed by atoms with Crippen LogP contribution in [0.15, 0.2) is 53.8 Å². The van der Waals surface area contributed by atoms with Crippen molar-refractivity contribution in [2.45, 2.75) is 32.8 Å². The summed E-state index contributed by atoms with van der Waals surface area (Å²) in [5.74, 6) is 1.24. The fourth-order valence-electron chi connectivity index (χ4n) is 3.43. The molecule has 150 valence electrons. The summed E-state index contributed by atoms with van der Waals surface area (Å²) in [5, 5.41) is 5.16. The average Bonchev–Trinajstić information content (AvgIpc) is 3.15. The maximum absolute atomic E-state index is 6.25. The number of rotatable bonds is 6. The van der Waals surface area contributed by atoms with E-state index in [0.717, 1.165) is 45.6 Å². The highest BCUT2D eigenvalue weighted by atomic mass is 32.1. The molecule has 3 aromatic rings. The third-order valence-electron chi connectivity index (χ3n) is 4.99. The Morgan fingerprint density at radius 2 is 1.93 bits per heavy atom. The average molecular weight is 408 g/mol. The summed E-state index contributed by atoms with van der Waals surface area (Å²) in [6.45, 7) is 4.33.